The van der Waals surface area contributed by atoms with Crippen LogP contribution in [0.1, 0.15) is 38.3 Å². The topological polar surface area (TPSA) is 32.3 Å². The summed E-state index contributed by atoms with van der Waals surface area (Å²) in [6, 6.07) is 11.5. The number of nitrogens with one attached hydrogen (secondary N) is 1. The molecule has 0 heterocycles. The maximum Gasteiger partial charge on any atom is 0.0471 e. The molecule has 0 spiro atoms. The van der Waals surface area contributed by atoms with Gasteiger partial charge < -0.3 is 10.4 Å². The zero-order chi connectivity index (χ0) is 12.3. The largest absolute Gasteiger partial charge is 0.396 e. The summed E-state index contributed by atoms with van der Waals surface area (Å²) in [5, 5.41) is 12.9. The third kappa shape index (κ3) is 3.30. The van der Waals surface area contributed by atoms with Crippen LogP contribution in [0, 0.1) is 11.8 Å². The molecule has 3 atom stereocenters. The van der Waals surface area contributed by atoms with E-state index in [-0.39, 0.29) is 6.61 Å². The maximum atomic E-state index is 9.20. The molecule has 1 saturated carbocycles. The monoisotopic (exact) mass is 233 g/mol. The van der Waals surface area contributed by atoms with Gasteiger partial charge in [-0.05, 0) is 37.2 Å². The standard InChI is InChI=1S/C15H23NO/c1-11(10-17)12(2)16-15(14-8-9-14)13-6-4-3-5-7-13/h3-7,11-12,14-17H,8-10H2,1-2H3. The maximum absolute atomic E-state index is 9.20. The van der Waals surface area contributed by atoms with Gasteiger partial charge in [0.25, 0.3) is 0 Å². The molecule has 0 bridgehead atoms. The molecule has 1 aromatic rings. The fourth-order valence-corrected chi connectivity index (χ4v) is 2.20. The number of aliphatic hydroxyl groups excluding tert-OH is 1. The summed E-state index contributed by atoms with van der Waals surface area (Å²) in [6.45, 7) is 4.51. The van der Waals surface area contributed by atoms with Gasteiger partial charge in [0.05, 0.1) is 0 Å². The van der Waals surface area contributed by atoms with Crippen LogP contribution in [-0.2, 0) is 0 Å². The van der Waals surface area contributed by atoms with E-state index in [0.29, 0.717) is 18.0 Å². The summed E-state index contributed by atoms with van der Waals surface area (Å²) in [5.74, 6) is 1.09. The first kappa shape index (κ1) is 12.6. The summed E-state index contributed by atoms with van der Waals surface area (Å²) in [6.07, 6.45) is 2.65. The molecule has 0 saturated heterocycles. The molecular formula is C15H23NO. The molecule has 17 heavy (non-hydrogen) atoms. The highest BCUT2D eigenvalue weighted by Gasteiger charge is 2.33. The lowest BCUT2D eigenvalue weighted by molar-refractivity contribution is 0.198. The van der Waals surface area contributed by atoms with Crippen LogP contribution in [0.25, 0.3) is 0 Å². The Hall–Kier alpha value is -0.860. The van der Waals surface area contributed by atoms with Crippen LogP contribution in [0.5, 0.6) is 0 Å². The smallest absolute Gasteiger partial charge is 0.0471 e. The second-order valence-electron chi connectivity index (χ2n) is 5.34. The highest BCUT2D eigenvalue weighted by Crippen LogP contribution is 2.41. The van der Waals surface area contributed by atoms with Crippen molar-refractivity contribution in [3.8, 4) is 0 Å². The van der Waals surface area contributed by atoms with Crippen molar-refractivity contribution in [3.63, 3.8) is 0 Å². The lowest BCUT2D eigenvalue weighted by atomic mass is 9.98. The molecule has 94 valence electrons. The molecule has 2 heteroatoms. The van der Waals surface area contributed by atoms with Gasteiger partial charge >= 0.3 is 0 Å². The van der Waals surface area contributed by atoms with E-state index in [1.165, 1.54) is 18.4 Å². The molecule has 0 amide bonds. The molecule has 2 rings (SSSR count). The van der Waals surface area contributed by atoms with Gasteiger partial charge in [-0.25, -0.2) is 0 Å². The fourth-order valence-electron chi connectivity index (χ4n) is 2.20. The third-order valence-electron chi connectivity index (χ3n) is 3.84. The minimum Gasteiger partial charge on any atom is -0.396 e. The first-order valence-corrected chi connectivity index (χ1v) is 6.64. The molecule has 1 aromatic carbocycles. The second kappa shape index (κ2) is 5.65. The Morgan fingerprint density at radius 2 is 1.88 bits per heavy atom. The zero-order valence-electron chi connectivity index (χ0n) is 10.8. The van der Waals surface area contributed by atoms with Gasteiger partial charge in [-0.1, -0.05) is 37.3 Å². The molecule has 0 aliphatic heterocycles. The van der Waals surface area contributed by atoms with Crippen LogP contribution in [0.15, 0.2) is 30.3 Å². The van der Waals surface area contributed by atoms with Crippen molar-refractivity contribution in [1.82, 2.24) is 5.32 Å². The van der Waals surface area contributed by atoms with Crippen molar-refractivity contribution < 1.29 is 5.11 Å². The van der Waals surface area contributed by atoms with E-state index in [1.807, 2.05) is 0 Å². The predicted molar refractivity (Wildman–Crippen MR) is 70.8 cm³/mol. The van der Waals surface area contributed by atoms with Crippen molar-refractivity contribution in [2.45, 2.75) is 38.8 Å². The summed E-state index contributed by atoms with van der Waals surface area (Å²) >= 11 is 0. The molecule has 1 fully saturated rings. The average molecular weight is 233 g/mol. The van der Waals surface area contributed by atoms with Crippen LogP contribution in [0.2, 0.25) is 0 Å². The summed E-state index contributed by atoms with van der Waals surface area (Å²) in [7, 11) is 0. The molecule has 0 aromatic heterocycles. The Morgan fingerprint density at radius 1 is 1.24 bits per heavy atom. The third-order valence-corrected chi connectivity index (χ3v) is 3.84. The number of hydrogen-bond donors (Lipinski definition) is 2. The Bertz CT molecular complexity index is 334. The van der Waals surface area contributed by atoms with E-state index in [2.05, 4.69) is 49.5 Å². The molecule has 2 nitrogen and oxygen atoms in total. The van der Waals surface area contributed by atoms with Crippen molar-refractivity contribution in [2.75, 3.05) is 6.61 Å². The summed E-state index contributed by atoms with van der Waals surface area (Å²) in [4.78, 5) is 0. The van der Waals surface area contributed by atoms with Crippen LogP contribution < -0.4 is 5.32 Å². The van der Waals surface area contributed by atoms with E-state index < -0.39 is 0 Å². The van der Waals surface area contributed by atoms with E-state index in [0.717, 1.165) is 5.92 Å². The van der Waals surface area contributed by atoms with Crippen LogP contribution >= 0.6 is 0 Å². The second-order valence-corrected chi connectivity index (χ2v) is 5.34. The average Bonchev–Trinajstić information content (AvgIpc) is 3.20. The van der Waals surface area contributed by atoms with Crippen molar-refractivity contribution in [3.05, 3.63) is 35.9 Å². The SMILES string of the molecule is CC(CO)C(C)NC(c1ccccc1)C1CC1. The fraction of sp³-hybridized carbons (Fsp3) is 0.600. The Balaban J connectivity index is 2.03. The van der Waals surface area contributed by atoms with E-state index in [1.54, 1.807) is 0 Å². The van der Waals surface area contributed by atoms with Gasteiger partial charge in [-0.2, -0.15) is 0 Å². The Kier molecular flexibility index (Phi) is 4.19. The Labute approximate surface area is 104 Å². The van der Waals surface area contributed by atoms with Crippen LogP contribution in [0.4, 0.5) is 0 Å². The lowest BCUT2D eigenvalue weighted by Crippen LogP contribution is -2.37. The summed E-state index contributed by atoms with van der Waals surface area (Å²) < 4.78 is 0. The molecular weight excluding hydrogens is 210 g/mol. The predicted octanol–water partition coefficient (Wildman–Crippen LogP) is 2.74. The molecule has 2 N–H and O–H groups in total. The quantitative estimate of drug-likeness (QED) is 0.792. The van der Waals surface area contributed by atoms with Crippen molar-refractivity contribution in [1.29, 1.82) is 0 Å². The van der Waals surface area contributed by atoms with E-state index in [4.69, 9.17) is 0 Å². The highest BCUT2D eigenvalue weighted by atomic mass is 16.3. The normalized spacial score (nSPS) is 20.9. The van der Waals surface area contributed by atoms with Gasteiger partial charge in [0.1, 0.15) is 0 Å². The Morgan fingerprint density at radius 3 is 2.41 bits per heavy atom. The molecule has 1 aliphatic carbocycles. The van der Waals surface area contributed by atoms with Crippen LogP contribution in [0.3, 0.4) is 0 Å². The van der Waals surface area contributed by atoms with Gasteiger partial charge in [0.2, 0.25) is 0 Å². The lowest BCUT2D eigenvalue weighted by Gasteiger charge is -2.27. The number of benzene rings is 1. The van der Waals surface area contributed by atoms with Crippen molar-refractivity contribution >= 4 is 0 Å². The molecule has 0 radical (unpaired) electrons. The first-order valence-electron chi connectivity index (χ1n) is 6.64. The van der Waals surface area contributed by atoms with Gasteiger partial charge in [-0.3, -0.25) is 0 Å². The number of hydrogen-bond acceptors (Lipinski definition) is 2. The summed E-state index contributed by atoms with van der Waals surface area (Å²) in [5.41, 5.74) is 1.38. The van der Waals surface area contributed by atoms with Crippen molar-refractivity contribution in [2.24, 2.45) is 11.8 Å². The number of rotatable bonds is 6. The number of aliphatic hydroxyl groups is 1. The minimum absolute atomic E-state index is 0.250. The van der Waals surface area contributed by atoms with E-state index >= 15 is 0 Å². The van der Waals surface area contributed by atoms with Gasteiger partial charge in [0.15, 0.2) is 0 Å². The van der Waals surface area contributed by atoms with Crippen LogP contribution in [-0.4, -0.2) is 17.8 Å². The van der Waals surface area contributed by atoms with E-state index in [9.17, 15) is 5.11 Å². The van der Waals surface area contributed by atoms with Gasteiger partial charge in [0, 0.05) is 18.7 Å². The molecule has 3 unspecified atom stereocenters. The highest BCUT2D eigenvalue weighted by molar-refractivity contribution is 5.21. The molecule has 1 aliphatic rings. The zero-order valence-corrected chi connectivity index (χ0v) is 10.8. The first-order chi connectivity index (χ1) is 8.22. The minimum atomic E-state index is 0.250. The van der Waals surface area contributed by atoms with Gasteiger partial charge in [-0.15, -0.1) is 0 Å².